The number of hydrogen-bond acceptors (Lipinski definition) is 4. The lowest BCUT2D eigenvalue weighted by Gasteiger charge is -2.18. The standard InChI is InChI=1S/C23H24N2O4S/c1-17-9-11-19(12-10-17)24-30(27,28)21-13-14-22(18(2)15-21)29-16-23(26)25(3)20-7-5-4-6-8-20/h4-15,24H,16H2,1-3H3. The van der Waals surface area contributed by atoms with Crippen LogP contribution in [0.2, 0.25) is 0 Å². The van der Waals surface area contributed by atoms with Gasteiger partial charge in [0, 0.05) is 18.4 Å². The van der Waals surface area contributed by atoms with Gasteiger partial charge in [0.1, 0.15) is 5.75 Å². The molecule has 0 spiro atoms. The zero-order valence-corrected chi connectivity index (χ0v) is 17.9. The Morgan fingerprint density at radius 2 is 1.63 bits per heavy atom. The van der Waals surface area contributed by atoms with Gasteiger partial charge in [-0.3, -0.25) is 9.52 Å². The Morgan fingerprint density at radius 1 is 0.967 bits per heavy atom. The first kappa shape index (κ1) is 21.4. The average molecular weight is 425 g/mol. The van der Waals surface area contributed by atoms with Crippen molar-refractivity contribution in [1.29, 1.82) is 0 Å². The molecule has 3 aromatic carbocycles. The van der Waals surface area contributed by atoms with Crippen molar-refractivity contribution in [3.8, 4) is 5.75 Å². The molecule has 3 aromatic rings. The lowest BCUT2D eigenvalue weighted by atomic mass is 10.2. The third-order valence-electron chi connectivity index (χ3n) is 4.63. The zero-order valence-electron chi connectivity index (χ0n) is 17.1. The fourth-order valence-corrected chi connectivity index (χ4v) is 3.96. The average Bonchev–Trinajstić information content (AvgIpc) is 2.74. The molecular formula is C23H24N2O4S. The first-order valence-electron chi connectivity index (χ1n) is 9.41. The molecule has 0 fully saturated rings. The maximum absolute atomic E-state index is 12.6. The van der Waals surface area contributed by atoms with Crippen molar-refractivity contribution in [3.05, 3.63) is 83.9 Å². The minimum absolute atomic E-state index is 0.126. The molecule has 0 aliphatic rings. The van der Waals surface area contributed by atoms with Gasteiger partial charge >= 0.3 is 0 Å². The third kappa shape index (κ3) is 5.18. The number of nitrogens with one attached hydrogen (secondary N) is 1. The number of carbonyl (C=O) groups is 1. The predicted molar refractivity (Wildman–Crippen MR) is 119 cm³/mol. The Balaban J connectivity index is 1.67. The summed E-state index contributed by atoms with van der Waals surface area (Å²) in [6, 6.07) is 20.9. The number of anilines is 2. The molecule has 0 atom stereocenters. The van der Waals surface area contributed by atoms with Crippen LogP contribution in [0, 0.1) is 13.8 Å². The molecule has 6 nitrogen and oxygen atoms in total. The Labute approximate surface area is 177 Å². The van der Waals surface area contributed by atoms with Crippen molar-refractivity contribution in [3.63, 3.8) is 0 Å². The molecule has 0 saturated carbocycles. The van der Waals surface area contributed by atoms with Gasteiger partial charge in [0.25, 0.3) is 15.9 Å². The van der Waals surface area contributed by atoms with E-state index in [2.05, 4.69) is 4.72 Å². The number of para-hydroxylation sites is 1. The zero-order chi connectivity index (χ0) is 21.7. The van der Waals surface area contributed by atoms with Gasteiger partial charge in [-0.05, 0) is 61.9 Å². The molecule has 1 amide bonds. The first-order chi connectivity index (χ1) is 14.3. The highest BCUT2D eigenvalue weighted by atomic mass is 32.2. The Kier molecular flexibility index (Phi) is 6.42. The fraction of sp³-hybridized carbons (Fsp3) is 0.174. The van der Waals surface area contributed by atoms with E-state index in [1.54, 1.807) is 32.2 Å². The van der Waals surface area contributed by atoms with Crippen molar-refractivity contribution in [2.45, 2.75) is 18.7 Å². The number of benzene rings is 3. The predicted octanol–water partition coefficient (Wildman–Crippen LogP) is 4.15. The number of aryl methyl sites for hydroxylation is 2. The van der Waals surface area contributed by atoms with Gasteiger partial charge in [-0.15, -0.1) is 0 Å². The maximum atomic E-state index is 12.6. The minimum atomic E-state index is -3.73. The molecule has 7 heteroatoms. The van der Waals surface area contributed by atoms with E-state index in [0.717, 1.165) is 11.3 Å². The van der Waals surface area contributed by atoms with Gasteiger partial charge in [-0.1, -0.05) is 35.9 Å². The molecule has 3 rings (SSSR count). The second kappa shape index (κ2) is 9.00. The monoisotopic (exact) mass is 424 g/mol. The maximum Gasteiger partial charge on any atom is 0.264 e. The van der Waals surface area contributed by atoms with Crippen LogP contribution in [0.1, 0.15) is 11.1 Å². The SMILES string of the molecule is Cc1ccc(NS(=O)(=O)c2ccc(OCC(=O)N(C)c3ccccc3)c(C)c2)cc1. The summed E-state index contributed by atoms with van der Waals surface area (Å²) in [4.78, 5) is 14.0. The van der Waals surface area contributed by atoms with Gasteiger partial charge in [0.15, 0.2) is 6.61 Å². The lowest BCUT2D eigenvalue weighted by Crippen LogP contribution is -2.31. The molecular weight excluding hydrogens is 400 g/mol. The molecule has 30 heavy (non-hydrogen) atoms. The molecule has 0 aliphatic carbocycles. The number of rotatable bonds is 7. The van der Waals surface area contributed by atoms with E-state index >= 15 is 0 Å². The number of nitrogens with zero attached hydrogens (tertiary/aromatic N) is 1. The van der Waals surface area contributed by atoms with E-state index in [-0.39, 0.29) is 17.4 Å². The highest BCUT2D eigenvalue weighted by molar-refractivity contribution is 7.92. The van der Waals surface area contributed by atoms with Crippen LogP contribution in [-0.4, -0.2) is 28.0 Å². The van der Waals surface area contributed by atoms with Crippen molar-refractivity contribution in [2.75, 3.05) is 23.3 Å². The largest absolute Gasteiger partial charge is 0.483 e. The van der Waals surface area contributed by atoms with Gasteiger partial charge in [0.05, 0.1) is 4.90 Å². The Hall–Kier alpha value is -3.32. The Bertz CT molecular complexity index is 1130. The van der Waals surface area contributed by atoms with Gasteiger partial charge < -0.3 is 9.64 Å². The van der Waals surface area contributed by atoms with Crippen molar-refractivity contribution in [1.82, 2.24) is 0 Å². The van der Waals surface area contributed by atoms with Crippen LogP contribution in [0.4, 0.5) is 11.4 Å². The number of ether oxygens (including phenoxy) is 1. The van der Waals surface area contributed by atoms with Crippen molar-refractivity contribution in [2.24, 2.45) is 0 Å². The molecule has 0 aliphatic heterocycles. The molecule has 1 N–H and O–H groups in total. The summed E-state index contributed by atoms with van der Waals surface area (Å²) in [5, 5.41) is 0. The second-order valence-electron chi connectivity index (χ2n) is 6.98. The third-order valence-corrected chi connectivity index (χ3v) is 6.01. The number of likely N-dealkylation sites (N-methyl/N-ethyl adjacent to an activating group) is 1. The number of hydrogen-bond donors (Lipinski definition) is 1. The van der Waals surface area contributed by atoms with Crippen LogP contribution in [0.25, 0.3) is 0 Å². The first-order valence-corrected chi connectivity index (χ1v) is 10.9. The summed E-state index contributed by atoms with van der Waals surface area (Å²) >= 11 is 0. The highest BCUT2D eigenvalue weighted by Crippen LogP contribution is 2.24. The molecule has 0 aromatic heterocycles. The molecule has 0 saturated heterocycles. The van der Waals surface area contributed by atoms with Gasteiger partial charge in [-0.25, -0.2) is 8.42 Å². The smallest absolute Gasteiger partial charge is 0.264 e. The van der Waals surface area contributed by atoms with Crippen LogP contribution < -0.4 is 14.4 Å². The fourth-order valence-electron chi connectivity index (χ4n) is 2.82. The molecule has 0 heterocycles. The summed E-state index contributed by atoms with van der Waals surface area (Å²) in [7, 11) is -2.05. The van der Waals surface area contributed by atoms with Crippen LogP contribution in [-0.2, 0) is 14.8 Å². The van der Waals surface area contributed by atoms with E-state index in [0.29, 0.717) is 17.0 Å². The summed E-state index contributed by atoms with van der Waals surface area (Å²) in [5.41, 5.74) is 2.93. The highest BCUT2D eigenvalue weighted by Gasteiger charge is 2.17. The van der Waals surface area contributed by atoms with Gasteiger partial charge in [0.2, 0.25) is 0 Å². The normalized spacial score (nSPS) is 11.0. The Morgan fingerprint density at radius 3 is 2.27 bits per heavy atom. The van der Waals surface area contributed by atoms with Crippen LogP contribution >= 0.6 is 0 Å². The van der Waals surface area contributed by atoms with Gasteiger partial charge in [-0.2, -0.15) is 0 Å². The quantitative estimate of drug-likeness (QED) is 0.618. The molecule has 0 bridgehead atoms. The number of carbonyl (C=O) groups excluding carboxylic acids is 1. The van der Waals surface area contributed by atoms with E-state index in [9.17, 15) is 13.2 Å². The lowest BCUT2D eigenvalue weighted by molar-refractivity contribution is -0.120. The minimum Gasteiger partial charge on any atom is -0.483 e. The van der Waals surface area contributed by atoms with E-state index < -0.39 is 10.0 Å². The summed E-state index contributed by atoms with van der Waals surface area (Å²) in [6.07, 6.45) is 0. The van der Waals surface area contributed by atoms with Crippen LogP contribution in [0.15, 0.2) is 77.7 Å². The van der Waals surface area contributed by atoms with E-state index in [1.807, 2.05) is 49.4 Å². The molecule has 156 valence electrons. The van der Waals surface area contributed by atoms with Crippen LogP contribution in [0.5, 0.6) is 5.75 Å². The van der Waals surface area contributed by atoms with Crippen molar-refractivity contribution < 1.29 is 17.9 Å². The second-order valence-corrected chi connectivity index (χ2v) is 8.66. The molecule has 0 unspecified atom stereocenters. The van der Waals surface area contributed by atoms with Crippen molar-refractivity contribution >= 4 is 27.3 Å². The topological polar surface area (TPSA) is 75.7 Å². The van der Waals surface area contributed by atoms with Crippen LogP contribution in [0.3, 0.4) is 0 Å². The van der Waals surface area contributed by atoms with E-state index in [4.69, 9.17) is 4.74 Å². The summed E-state index contributed by atoms with van der Waals surface area (Å²) in [5.74, 6) is 0.248. The number of sulfonamides is 1. The summed E-state index contributed by atoms with van der Waals surface area (Å²) in [6.45, 7) is 3.52. The number of amides is 1. The van der Waals surface area contributed by atoms with E-state index in [1.165, 1.54) is 17.0 Å². The molecule has 0 radical (unpaired) electrons. The summed E-state index contributed by atoms with van der Waals surface area (Å²) < 4.78 is 33.5.